The van der Waals surface area contributed by atoms with E-state index in [1.807, 2.05) is 42.3 Å². The third-order valence-corrected chi connectivity index (χ3v) is 2.89. The maximum atomic E-state index is 12.0. The quantitative estimate of drug-likeness (QED) is 0.737. The first-order chi connectivity index (χ1) is 8.27. The van der Waals surface area contributed by atoms with E-state index in [1.54, 1.807) is 0 Å². The number of Topliss-reactive ketones (excluding diaryl/α,β-unsaturated/α-hetero) is 1. The van der Waals surface area contributed by atoms with Gasteiger partial charge in [0.05, 0.1) is 6.54 Å². The van der Waals surface area contributed by atoms with Gasteiger partial charge in [-0.1, -0.05) is 42.5 Å². The summed E-state index contributed by atoms with van der Waals surface area (Å²) in [5.41, 5.74) is 1.92. The van der Waals surface area contributed by atoms with Crippen LogP contribution in [-0.4, -0.2) is 24.3 Å². The molecule has 88 valence electrons. The standard InChI is InChI=1S/C15H17NO/c1-16(14-10-6-3-7-11-14)12-15(17)13-8-4-2-5-9-13/h2,4-6,8-11H,3,7,12H2,1H3. The molecule has 17 heavy (non-hydrogen) atoms. The van der Waals surface area contributed by atoms with Crippen molar-refractivity contribution in [1.82, 2.24) is 4.90 Å². The Kier molecular flexibility index (Phi) is 3.76. The van der Waals surface area contributed by atoms with Crippen LogP contribution in [0.15, 0.2) is 54.3 Å². The Morgan fingerprint density at radius 1 is 1.24 bits per heavy atom. The molecule has 2 nitrogen and oxygen atoms in total. The van der Waals surface area contributed by atoms with Gasteiger partial charge in [0.15, 0.2) is 5.78 Å². The first-order valence-electron chi connectivity index (χ1n) is 5.93. The fraction of sp³-hybridized carbons (Fsp3) is 0.267. The second-order valence-electron chi connectivity index (χ2n) is 4.25. The largest absolute Gasteiger partial charge is 0.367 e. The number of ketones is 1. The van der Waals surface area contributed by atoms with Crippen LogP contribution in [0.5, 0.6) is 0 Å². The molecule has 1 aromatic carbocycles. The normalized spacial score (nSPS) is 14.3. The fourth-order valence-electron chi connectivity index (χ4n) is 1.90. The molecule has 1 aliphatic rings. The molecular weight excluding hydrogens is 210 g/mol. The number of likely N-dealkylation sites (N-methyl/N-ethyl adjacent to an activating group) is 1. The van der Waals surface area contributed by atoms with Crippen LogP contribution in [0.2, 0.25) is 0 Å². The van der Waals surface area contributed by atoms with Crippen LogP contribution in [0.4, 0.5) is 0 Å². The number of nitrogens with zero attached hydrogens (tertiary/aromatic N) is 1. The van der Waals surface area contributed by atoms with Gasteiger partial charge in [0.25, 0.3) is 0 Å². The molecule has 0 unspecified atom stereocenters. The number of carbonyl (C=O) groups excluding carboxylic acids is 1. The van der Waals surface area contributed by atoms with Crippen molar-refractivity contribution in [3.63, 3.8) is 0 Å². The summed E-state index contributed by atoms with van der Waals surface area (Å²) in [6.45, 7) is 0.431. The summed E-state index contributed by atoms with van der Waals surface area (Å²) < 4.78 is 0. The van der Waals surface area contributed by atoms with Gasteiger partial charge in [0.1, 0.15) is 0 Å². The van der Waals surface area contributed by atoms with Crippen LogP contribution < -0.4 is 0 Å². The van der Waals surface area contributed by atoms with E-state index in [9.17, 15) is 4.79 Å². The summed E-state index contributed by atoms with van der Waals surface area (Å²) in [7, 11) is 1.96. The molecule has 0 aliphatic heterocycles. The molecule has 0 saturated heterocycles. The minimum absolute atomic E-state index is 0.160. The van der Waals surface area contributed by atoms with E-state index in [2.05, 4.69) is 18.2 Å². The van der Waals surface area contributed by atoms with Crippen molar-refractivity contribution in [3.05, 3.63) is 59.8 Å². The van der Waals surface area contributed by atoms with Crippen molar-refractivity contribution in [3.8, 4) is 0 Å². The molecule has 0 amide bonds. The predicted molar refractivity (Wildman–Crippen MR) is 69.9 cm³/mol. The van der Waals surface area contributed by atoms with Crippen molar-refractivity contribution in [2.45, 2.75) is 12.8 Å². The van der Waals surface area contributed by atoms with Gasteiger partial charge in [-0.05, 0) is 18.9 Å². The molecule has 2 rings (SSSR count). The lowest BCUT2D eigenvalue weighted by Crippen LogP contribution is -2.25. The van der Waals surface area contributed by atoms with Gasteiger partial charge in [0, 0.05) is 18.3 Å². The summed E-state index contributed by atoms with van der Waals surface area (Å²) in [6, 6.07) is 9.44. The third kappa shape index (κ3) is 3.06. The van der Waals surface area contributed by atoms with Crippen LogP contribution in [0, 0.1) is 0 Å². The summed E-state index contributed by atoms with van der Waals surface area (Å²) in [4.78, 5) is 14.0. The number of hydrogen-bond acceptors (Lipinski definition) is 2. The highest BCUT2D eigenvalue weighted by Gasteiger charge is 2.10. The lowest BCUT2D eigenvalue weighted by Gasteiger charge is -2.21. The van der Waals surface area contributed by atoms with Crippen LogP contribution in [0.25, 0.3) is 0 Å². The Balaban J connectivity index is 1.99. The monoisotopic (exact) mass is 227 g/mol. The molecular formula is C15H17NO. The minimum atomic E-state index is 0.160. The van der Waals surface area contributed by atoms with E-state index < -0.39 is 0 Å². The van der Waals surface area contributed by atoms with Crippen LogP contribution >= 0.6 is 0 Å². The van der Waals surface area contributed by atoms with Gasteiger partial charge < -0.3 is 4.90 Å². The number of allylic oxidation sites excluding steroid dienone is 3. The van der Waals surface area contributed by atoms with Crippen molar-refractivity contribution >= 4 is 5.78 Å². The first kappa shape index (κ1) is 11.6. The summed E-state index contributed by atoms with van der Waals surface area (Å²) in [5.74, 6) is 0.160. The lowest BCUT2D eigenvalue weighted by molar-refractivity contribution is 0.0961. The minimum Gasteiger partial charge on any atom is -0.367 e. The second-order valence-corrected chi connectivity index (χ2v) is 4.25. The molecule has 0 saturated carbocycles. The Bertz CT molecular complexity index is 445. The van der Waals surface area contributed by atoms with Gasteiger partial charge in [-0.3, -0.25) is 4.79 Å². The zero-order valence-electron chi connectivity index (χ0n) is 10.1. The molecule has 0 N–H and O–H groups in total. The van der Waals surface area contributed by atoms with Gasteiger partial charge in [0.2, 0.25) is 0 Å². The van der Waals surface area contributed by atoms with Crippen LogP contribution in [0.3, 0.4) is 0 Å². The van der Waals surface area contributed by atoms with E-state index >= 15 is 0 Å². The second kappa shape index (κ2) is 5.48. The molecule has 0 atom stereocenters. The first-order valence-corrected chi connectivity index (χ1v) is 5.93. The third-order valence-electron chi connectivity index (χ3n) is 2.89. The molecule has 0 radical (unpaired) electrons. The molecule has 0 bridgehead atoms. The zero-order chi connectivity index (χ0) is 12.1. The highest BCUT2D eigenvalue weighted by molar-refractivity contribution is 5.97. The fourth-order valence-corrected chi connectivity index (χ4v) is 1.90. The van der Waals surface area contributed by atoms with E-state index in [-0.39, 0.29) is 5.78 Å². The van der Waals surface area contributed by atoms with E-state index in [1.165, 1.54) is 0 Å². The highest BCUT2D eigenvalue weighted by Crippen LogP contribution is 2.13. The van der Waals surface area contributed by atoms with Gasteiger partial charge in [-0.2, -0.15) is 0 Å². The van der Waals surface area contributed by atoms with Crippen LogP contribution in [-0.2, 0) is 0 Å². The molecule has 1 aromatic rings. The molecule has 0 fully saturated rings. The van der Waals surface area contributed by atoms with Crippen molar-refractivity contribution in [2.75, 3.05) is 13.6 Å². The Labute approximate surface area is 102 Å². The SMILES string of the molecule is CN(CC(=O)c1ccccc1)C1=CCCC=C1. The predicted octanol–water partition coefficient (Wildman–Crippen LogP) is 3.04. The molecule has 0 heterocycles. The Morgan fingerprint density at radius 2 is 2.00 bits per heavy atom. The van der Waals surface area contributed by atoms with E-state index in [4.69, 9.17) is 0 Å². The van der Waals surface area contributed by atoms with Gasteiger partial charge in [-0.15, -0.1) is 0 Å². The summed E-state index contributed by atoms with van der Waals surface area (Å²) in [5, 5.41) is 0. The topological polar surface area (TPSA) is 20.3 Å². The molecule has 0 aromatic heterocycles. The number of benzene rings is 1. The molecule has 1 aliphatic carbocycles. The maximum Gasteiger partial charge on any atom is 0.182 e. The van der Waals surface area contributed by atoms with E-state index in [0.717, 1.165) is 24.1 Å². The van der Waals surface area contributed by atoms with Gasteiger partial charge in [-0.25, -0.2) is 0 Å². The Hall–Kier alpha value is -1.83. The zero-order valence-corrected chi connectivity index (χ0v) is 10.1. The maximum absolute atomic E-state index is 12.0. The average Bonchev–Trinajstić information content (AvgIpc) is 2.40. The summed E-state index contributed by atoms with van der Waals surface area (Å²) in [6.07, 6.45) is 8.58. The Morgan fingerprint density at radius 3 is 2.65 bits per heavy atom. The number of carbonyl (C=O) groups is 1. The number of hydrogen-bond donors (Lipinski definition) is 0. The van der Waals surface area contributed by atoms with E-state index in [0.29, 0.717) is 6.54 Å². The molecule has 2 heteroatoms. The smallest absolute Gasteiger partial charge is 0.182 e. The average molecular weight is 227 g/mol. The van der Waals surface area contributed by atoms with Crippen molar-refractivity contribution < 1.29 is 4.79 Å². The highest BCUT2D eigenvalue weighted by atomic mass is 16.1. The molecule has 0 spiro atoms. The van der Waals surface area contributed by atoms with Crippen LogP contribution in [0.1, 0.15) is 23.2 Å². The number of rotatable bonds is 4. The summed E-state index contributed by atoms with van der Waals surface area (Å²) >= 11 is 0. The van der Waals surface area contributed by atoms with Crippen molar-refractivity contribution in [2.24, 2.45) is 0 Å². The van der Waals surface area contributed by atoms with Crippen molar-refractivity contribution in [1.29, 1.82) is 0 Å². The lowest BCUT2D eigenvalue weighted by atomic mass is 10.1. The van der Waals surface area contributed by atoms with Gasteiger partial charge >= 0.3 is 0 Å².